The van der Waals surface area contributed by atoms with Gasteiger partial charge in [0.25, 0.3) is 5.91 Å². The molecule has 1 heterocycles. The lowest BCUT2D eigenvalue weighted by molar-refractivity contribution is -0.683. The molecule has 0 aliphatic carbocycles. The second-order valence-electron chi connectivity index (χ2n) is 9.58. The second kappa shape index (κ2) is 19.0. The van der Waals surface area contributed by atoms with Crippen LogP contribution in [0, 0.1) is 0 Å². The Labute approximate surface area is 238 Å². The molecule has 37 heavy (non-hydrogen) atoms. The second-order valence-corrected chi connectivity index (χ2v) is 10.3. The summed E-state index contributed by atoms with van der Waals surface area (Å²) in [6.45, 7) is 3.75. The maximum atomic E-state index is 12.9. The quantitative estimate of drug-likeness (QED) is 0.160. The van der Waals surface area contributed by atoms with Crippen LogP contribution in [0.1, 0.15) is 99.9 Å². The summed E-state index contributed by atoms with van der Waals surface area (Å²) in [5, 5.41) is 5.07. The summed E-state index contributed by atoms with van der Waals surface area (Å²) >= 11 is 1.68. The Kier molecular flexibility index (Phi) is 15.9. The topological polar surface area (TPSA) is 42.2 Å². The standard InChI is InChI=1S/C31H42N2O2S.BrH/c1-2-3-4-5-6-7-8-9-10-11-12-15-23-35-30-17-14-13-16-29(30)31(34)32-28-20-18-27(19-21-28)25-33-22-24-36-26-33;/h13-14,16-22,24,26H,2-12,15,23,25H2,1H3;1H. The van der Waals surface area contributed by atoms with Gasteiger partial charge in [-0.1, -0.05) is 113 Å². The van der Waals surface area contributed by atoms with E-state index in [1.165, 1.54) is 76.2 Å². The summed E-state index contributed by atoms with van der Waals surface area (Å²) in [6.07, 6.45) is 17.9. The Morgan fingerprint density at radius 3 is 2.08 bits per heavy atom. The smallest absolute Gasteiger partial charge is 0.259 e. The van der Waals surface area contributed by atoms with Crippen molar-refractivity contribution < 1.29 is 31.1 Å². The van der Waals surface area contributed by atoms with Crippen molar-refractivity contribution in [1.82, 2.24) is 0 Å². The third-order valence-corrected chi connectivity index (χ3v) is 7.16. The van der Waals surface area contributed by atoms with Crippen LogP contribution >= 0.6 is 11.3 Å². The van der Waals surface area contributed by atoms with Gasteiger partial charge in [-0.05, 0) is 30.7 Å². The molecule has 202 valence electrons. The maximum Gasteiger partial charge on any atom is 0.259 e. The Morgan fingerprint density at radius 1 is 0.838 bits per heavy atom. The molecule has 1 amide bonds. The van der Waals surface area contributed by atoms with E-state index in [-0.39, 0.29) is 22.9 Å². The molecule has 0 radical (unpaired) electrons. The minimum absolute atomic E-state index is 0. The van der Waals surface area contributed by atoms with Crippen molar-refractivity contribution in [3.05, 3.63) is 76.7 Å². The number of hydrogen-bond donors (Lipinski definition) is 1. The number of thiazole rings is 1. The zero-order chi connectivity index (χ0) is 25.3. The predicted molar refractivity (Wildman–Crippen MR) is 151 cm³/mol. The number of amides is 1. The number of nitrogens with zero attached hydrogens (tertiary/aromatic N) is 1. The van der Waals surface area contributed by atoms with Crippen LogP contribution in [0.25, 0.3) is 0 Å². The molecule has 2 aromatic carbocycles. The molecule has 1 aromatic heterocycles. The highest BCUT2D eigenvalue weighted by atomic mass is 79.9. The van der Waals surface area contributed by atoms with Crippen molar-refractivity contribution in [2.24, 2.45) is 0 Å². The predicted octanol–water partition coefficient (Wildman–Crippen LogP) is 5.42. The van der Waals surface area contributed by atoms with E-state index in [9.17, 15) is 4.79 Å². The van der Waals surface area contributed by atoms with Crippen LogP contribution in [0.2, 0.25) is 0 Å². The van der Waals surface area contributed by atoms with Gasteiger partial charge in [-0.2, -0.15) is 4.57 Å². The zero-order valence-electron chi connectivity index (χ0n) is 22.3. The Hall–Kier alpha value is -2.18. The number of carbonyl (C=O) groups excluding carboxylic acids is 1. The molecule has 0 aliphatic rings. The highest BCUT2D eigenvalue weighted by Crippen LogP contribution is 2.21. The van der Waals surface area contributed by atoms with Gasteiger partial charge in [-0.15, -0.1) is 0 Å². The number of anilines is 1. The SMILES string of the molecule is CCCCCCCCCCCCCCOc1ccccc1C(=O)Nc1ccc(C[n+]2ccsc2)cc1.[Br-]. The van der Waals surface area contributed by atoms with Gasteiger partial charge in [0, 0.05) is 11.3 Å². The summed E-state index contributed by atoms with van der Waals surface area (Å²) in [5.41, 5.74) is 4.65. The number of halogens is 1. The lowest BCUT2D eigenvalue weighted by Crippen LogP contribution is -3.00. The molecule has 3 aromatic rings. The van der Waals surface area contributed by atoms with Gasteiger partial charge in [0.2, 0.25) is 5.51 Å². The summed E-state index contributed by atoms with van der Waals surface area (Å²) in [7, 11) is 0. The van der Waals surface area contributed by atoms with Crippen LogP contribution < -0.4 is 31.6 Å². The van der Waals surface area contributed by atoms with Crippen LogP contribution in [-0.2, 0) is 6.54 Å². The maximum absolute atomic E-state index is 12.9. The molecule has 3 rings (SSSR count). The molecule has 4 nitrogen and oxygen atoms in total. The molecule has 0 fully saturated rings. The number of para-hydroxylation sites is 1. The lowest BCUT2D eigenvalue weighted by Gasteiger charge is -2.12. The Balaban J connectivity index is 0.00000481. The molecule has 1 N–H and O–H groups in total. The van der Waals surface area contributed by atoms with Gasteiger partial charge in [0.15, 0.2) is 12.7 Å². The number of rotatable bonds is 18. The van der Waals surface area contributed by atoms with E-state index in [1.807, 2.05) is 36.4 Å². The van der Waals surface area contributed by atoms with Crippen molar-refractivity contribution in [3.8, 4) is 5.75 Å². The van der Waals surface area contributed by atoms with E-state index in [0.717, 1.165) is 18.7 Å². The van der Waals surface area contributed by atoms with Crippen molar-refractivity contribution in [2.75, 3.05) is 11.9 Å². The number of benzene rings is 2. The Bertz CT molecular complexity index is 993. The number of aromatic nitrogens is 1. The minimum atomic E-state index is -0.139. The zero-order valence-corrected chi connectivity index (χ0v) is 24.7. The van der Waals surface area contributed by atoms with E-state index in [2.05, 4.69) is 46.0 Å². The fraction of sp³-hybridized carbons (Fsp3) is 0.484. The third-order valence-electron chi connectivity index (χ3n) is 6.49. The van der Waals surface area contributed by atoms with E-state index in [0.29, 0.717) is 17.9 Å². The van der Waals surface area contributed by atoms with Crippen LogP contribution in [-0.4, -0.2) is 12.5 Å². The summed E-state index contributed by atoms with van der Waals surface area (Å²) in [5.74, 6) is 0.517. The molecular weight excluding hydrogens is 544 g/mol. The van der Waals surface area contributed by atoms with Gasteiger partial charge in [-0.3, -0.25) is 4.79 Å². The highest BCUT2D eigenvalue weighted by molar-refractivity contribution is 7.07. The molecule has 0 bridgehead atoms. The van der Waals surface area contributed by atoms with Gasteiger partial charge in [-0.25, -0.2) is 0 Å². The van der Waals surface area contributed by atoms with Crippen molar-refractivity contribution >= 4 is 22.9 Å². The first-order valence-corrected chi connectivity index (χ1v) is 14.7. The molecule has 0 unspecified atom stereocenters. The van der Waals surface area contributed by atoms with E-state index in [4.69, 9.17) is 4.74 Å². The number of ether oxygens (including phenoxy) is 1. The first-order valence-electron chi connectivity index (χ1n) is 13.8. The first kappa shape index (κ1) is 31.0. The number of unbranched alkanes of at least 4 members (excludes halogenated alkanes) is 11. The molecule has 0 atom stereocenters. The average molecular weight is 588 g/mol. The summed E-state index contributed by atoms with van der Waals surface area (Å²) in [4.78, 5) is 12.9. The van der Waals surface area contributed by atoms with Gasteiger partial charge in [0.1, 0.15) is 5.75 Å². The fourth-order valence-corrected chi connectivity index (χ4v) is 4.96. The molecule has 0 saturated carbocycles. The van der Waals surface area contributed by atoms with Crippen LogP contribution in [0.5, 0.6) is 5.75 Å². The largest absolute Gasteiger partial charge is 1.00 e. The van der Waals surface area contributed by atoms with Crippen molar-refractivity contribution in [1.29, 1.82) is 0 Å². The fourth-order valence-electron chi connectivity index (χ4n) is 4.36. The molecule has 0 aliphatic heterocycles. The summed E-state index contributed by atoms with van der Waals surface area (Å²) in [6, 6.07) is 15.5. The van der Waals surface area contributed by atoms with Crippen LogP contribution in [0.4, 0.5) is 5.69 Å². The van der Waals surface area contributed by atoms with E-state index >= 15 is 0 Å². The Morgan fingerprint density at radius 2 is 1.46 bits per heavy atom. The van der Waals surface area contributed by atoms with Crippen molar-refractivity contribution in [2.45, 2.75) is 90.5 Å². The molecular formula is C31H43BrN2O2S. The van der Waals surface area contributed by atoms with Gasteiger partial charge < -0.3 is 27.0 Å². The lowest BCUT2D eigenvalue weighted by atomic mass is 10.1. The number of carbonyl (C=O) groups is 1. The molecule has 0 spiro atoms. The highest BCUT2D eigenvalue weighted by Gasteiger charge is 2.13. The third kappa shape index (κ3) is 12.3. The number of hydrogen-bond acceptors (Lipinski definition) is 3. The minimum Gasteiger partial charge on any atom is -1.00 e. The van der Waals surface area contributed by atoms with E-state index < -0.39 is 0 Å². The van der Waals surface area contributed by atoms with Gasteiger partial charge >= 0.3 is 0 Å². The van der Waals surface area contributed by atoms with E-state index in [1.54, 1.807) is 11.3 Å². The monoisotopic (exact) mass is 586 g/mol. The van der Waals surface area contributed by atoms with Crippen LogP contribution in [0.15, 0.2) is 65.6 Å². The number of nitrogens with one attached hydrogen (secondary N) is 1. The van der Waals surface area contributed by atoms with Crippen molar-refractivity contribution in [3.63, 3.8) is 0 Å². The summed E-state index contributed by atoms with van der Waals surface area (Å²) < 4.78 is 8.14. The first-order chi connectivity index (χ1) is 17.8. The molecule has 6 heteroatoms. The van der Waals surface area contributed by atoms with Gasteiger partial charge in [0.05, 0.1) is 17.6 Å². The normalized spacial score (nSPS) is 10.6. The average Bonchev–Trinajstić information content (AvgIpc) is 3.41. The van der Waals surface area contributed by atoms with Crippen LogP contribution in [0.3, 0.4) is 0 Å². The molecule has 0 saturated heterocycles.